The Morgan fingerprint density at radius 2 is 2.39 bits per heavy atom. The van der Waals surface area contributed by atoms with E-state index in [4.69, 9.17) is 15.0 Å². The summed E-state index contributed by atoms with van der Waals surface area (Å²) in [5.74, 6) is 0.819. The molecule has 0 amide bonds. The number of thiazole rings is 1. The Morgan fingerprint density at radius 3 is 3.06 bits per heavy atom. The SMILES string of the molecule is CCCOCC(C)(N)c1noc(-c2cscn2)n1. The van der Waals surface area contributed by atoms with Crippen LogP contribution in [0.3, 0.4) is 0 Å². The van der Waals surface area contributed by atoms with Gasteiger partial charge in [0.25, 0.3) is 5.89 Å². The van der Waals surface area contributed by atoms with Crippen LogP contribution in [0.2, 0.25) is 0 Å². The second kappa shape index (κ2) is 5.55. The van der Waals surface area contributed by atoms with Gasteiger partial charge in [-0.05, 0) is 13.3 Å². The highest BCUT2D eigenvalue weighted by Gasteiger charge is 2.28. The summed E-state index contributed by atoms with van der Waals surface area (Å²) in [6.45, 7) is 4.89. The maximum Gasteiger partial charge on any atom is 0.277 e. The van der Waals surface area contributed by atoms with E-state index in [-0.39, 0.29) is 0 Å². The number of nitrogens with two attached hydrogens (primary N) is 1. The van der Waals surface area contributed by atoms with Gasteiger partial charge < -0.3 is 15.0 Å². The zero-order valence-corrected chi connectivity index (χ0v) is 11.2. The molecule has 2 heterocycles. The van der Waals surface area contributed by atoms with Crippen molar-refractivity contribution in [3.63, 3.8) is 0 Å². The highest BCUT2D eigenvalue weighted by atomic mass is 32.1. The van der Waals surface area contributed by atoms with E-state index >= 15 is 0 Å². The summed E-state index contributed by atoms with van der Waals surface area (Å²) in [4.78, 5) is 8.37. The Morgan fingerprint density at radius 1 is 1.56 bits per heavy atom. The van der Waals surface area contributed by atoms with Crippen molar-refractivity contribution < 1.29 is 9.26 Å². The van der Waals surface area contributed by atoms with Crippen molar-refractivity contribution in [2.75, 3.05) is 13.2 Å². The molecular formula is C11H16N4O2S. The molecule has 0 spiro atoms. The van der Waals surface area contributed by atoms with Crippen LogP contribution in [0.25, 0.3) is 11.6 Å². The minimum atomic E-state index is -0.757. The van der Waals surface area contributed by atoms with Gasteiger partial charge in [-0.3, -0.25) is 0 Å². The summed E-state index contributed by atoms with van der Waals surface area (Å²) in [6, 6.07) is 0. The molecule has 2 aromatic rings. The first kappa shape index (κ1) is 13.1. The highest BCUT2D eigenvalue weighted by Crippen LogP contribution is 2.21. The topological polar surface area (TPSA) is 87.1 Å². The molecule has 0 aliphatic rings. The second-order valence-corrected chi connectivity index (χ2v) is 4.99. The molecule has 0 saturated heterocycles. The number of rotatable bonds is 6. The molecule has 2 rings (SSSR count). The lowest BCUT2D eigenvalue weighted by molar-refractivity contribution is 0.0867. The molecule has 2 aromatic heterocycles. The summed E-state index contributed by atoms with van der Waals surface area (Å²) in [6.07, 6.45) is 0.951. The molecule has 0 aromatic carbocycles. The Kier molecular flexibility index (Phi) is 4.05. The molecule has 7 heteroatoms. The molecular weight excluding hydrogens is 252 g/mol. The largest absolute Gasteiger partial charge is 0.379 e. The van der Waals surface area contributed by atoms with Gasteiger partial charge in [0.05, 0.1) is 12.1 Å². The van der Waals surface area contributed by atoms with Gasteiger partial charge in [-0.25, -0.2) is 4.98 Å². The average molecular weight is 268 g/mol. The first-order valence-corrected chi connectivity index (χ1v) is 6.67. The third-order valence-corrected chi connectivity index (χ3v) is 2.93. The van der Waals surface area contributed by atoms with Crippen molar-refractivity contribution in [1.82, 2.24) is 15.1 Å². The maximum atomic E-state index is 6.12. The van der Waals surface area contributed by atoms with Crippen LogP contribution in [-0.2, 0) is 10.3 Å². The van der Waals surface area contributed by atoms with E-state index in [1.165, 1.54) is 11.3 Å². The molecule has 0 aliphatic heterocycles. The maximum absolute atomic E-state index is 6.12. The molecule has 0 bridgehead atoms. The van der Waals surface area contributed by atoms with E-state index in [9.17, 15) is 0 Å². The average Bonchev–Trinajstić information content (AvgIpc) is 3.00. The van der Waals surface area contributed by atoms with E-state index in [0.29, 0.717) is 30.6 Å². The van der Waals surface area contributed by atoms with Crippen molar-refractivity contribution in [3.05, 3.63) is 16.7 Å². The van der Waals surface area contributed by atoms with Gasteiger partial charge in [-0.1, -0.05) is 12.1 Å². The summed E-state index contributed by atoms with van der Waals surface area (Å²) < 4.78 is 10.6. The smallest absolute Gasteiger partial charge is 0.277 e. The number of ether oxygens (including phenoxy) is 1. The van der Waals surface area contributed by atoms with Crippen LogP contribution in [0.5, 0.6) is 0 Å². The van der Waals surface area contributed by atoms with Gasteiger partial charge in [0.2, 0.25) is 0 Å². The molecule has 0 saturated carbocycles. The molecule has 0 radical (unpaired) electrons. The van der Waals surface area contributed by atoms with Crippen molar-refractivity contribution >= 4 is 11.3 Å². The van der Waals surface area contributed by atoms with Crippen molar-refractivity contribution in [1.29, 1.82) is 0 Å². The van der Waals surface area contributed by atoms with Crippen LogP contribution in [0, 0.1) is 0 Å². The lowest BCUT2D eigenvalue weighted by Gasteiger charge is -2.19. The van der Waals surface area contributed by atoms with Crippen LogP contribution in [0.15, 0.2) is 15.4 Å². The minimum Gasteiger partial charge on any atom is -0.379 e. The fourth-order valence-electron chi connectivity index (χ4n) is 1.37. The molecule has 6 nitrogen and oxygen atoms in total. The van der Waals surface area contributed by atoms with E-state index in [1.54, 1.807) is 5.51 Å². The van der Waals surface area contributed by atoms with E-state index < -0.39 is 5.54 Å². The predicted molar refractivity (Wildman–Crippen MR) is 68.1 cm³/mol. The van der Waals surface area contributed by atoms with E-state index in [0.717, 1.165) is 6.42 Å². The number of nitrogens with zero attached hydrogens (tertiary/aromatic N) is 3. The van der Waals surface area contributed by atoms with Gasteiger partial charge in [-0.2, -0.15) is 4.98 Å². The van der Waals surface area contributed by atoms with E-state index in [1.807, 2.05) is 19.2 Å². The van der Waals surface area contributed by atoms with Gasteiger partial charge in [0, 0.05) is 12.0 Å². The van der Waals surface area contributed by atoms with Crippen LogP contribution in [-0.4, -0.2) is 28.3 Å². The summed E-state index contributed by atoms with van der Waals surface area (Å²) in [5.41, 5.74) is 7.74. The third kappa shape index (κ3) is 2.92. The van der Waals surface area contributed by atoms with E-state index in [2.05, 4.69) is 15.1 Å². The van der Waals surface area contributed by atoms with Gasteiger partial charge in [0.1, 0.15) is 11.2 Å². The summed E-state index contributed by atoms with van der Waals surface area (Å²) in [5, 5.41) is 5.74. The molecule has 1 unspecified atom stereocenters. The first-order chi connectivity index (χ1) is 8.63. The summed E-state index contributed by atoms with van der Waals surface area (Å²) >= 11 is 1.47. The molecule has 98 valence electrons. The predicted octanol–water partition coefficient (Wildman–Crippen LogP) is 1.79. The van der Waals surface area contributed by atoms with Gasteiger partial charge in [-0.15, -0.1) is 11.3 Å². The molecule has 0 fully saturated rings. The Hall–Kier alpha value is -1.31. The van der Waals surface area contributed by atoms with Crippen LogP contribution in [0.4, 0.5) is 0 Å². The van der Waals surface area contributed by atoms with Crippen LogP contribution < -0.4 is 5.73 Å². The van der Waals surface area contributed by atoms with Crippen molar-refractivity contribution in [3.8, 4) is 11.6 Å². The molecule has 1 atom stereocenters. The van der Waals surface area contributed by atoms with Crippen molar-refractivity contribution in [2.45, 2.75) is 25.8 Å². The second-order valence-electron chi connectivity index (χ2n) is 4.27. The Balaban J connectivity index is 2.09. The number of aromatic nitrogens is 3. The first-order valence-electron chi connectivity index (χ1n) is 5.73. The van der Waals surface area contributed by atoms with Gasteiger partial charge >= 0.3 is 0 Å². The zero-order chi connectivity index (χ0) is 13.0. The molecule has 18 heavy (non-hydrogen) atoms. The lowest BCUT2D eigenvalue weighted by Crippen LogP contribution is -2.39. The lowest BCUT2D eigenvalue weighted by atomic mass is 10.1. The summed E-state index contributed by atoms with van der Waals surface area (Å²) in [7, 11) is 0. The number of hydrogen-bond donors (Lipinski definition) is 1. The molecule has 0 aliphatic carbocycles. The standard InChI is InChI=1S/C11H16N4O2S/c1-3-4-16-6-11(2,12)10-14-9(17-15-10)8-5-18-7-13-8/h5,7H,3-4,6,12H2,1-2H3. The van der Waals surface area contributed by atoms with Gasteiger partial charge in [0.15, 0.2) is 5.82 Å². The van der Waals surface area contributed by atoms with Crippen molar-refractivity contribution in [2.24, 2.45) is 5.73 Å². The van der Waals surface area contributed by atoms with Crippen LogP contribution >= 0.6 is 11.3 Å². The zero-order valence-electron chi connectivity index (χ0n) is 10.4. The number of hydrogen-bond acceptors (Lipinski definition) is 7. The normalized spacial score (nSPS) is 14.6. The third-order valence-electron chi connectivity index (χ3n) is 2.34. The molecule has 2 N–H and O–H groups in total. The minimum absolute atomic E-state index is 0.358. The highest BCUT2D eigenvalue weighted by molar-refractivity contribution is 7.07. The Bertz CT molecular complexity index is 481. The fourth-order valence-corrected chi connectivity index (χ4v) is 1.90. The Labute approximate surface area is 109 Å². The quantitative estimate of drug-likeness (QED) is 0.804. The van der Waals surface area contributed by atoms with Crippen LogP contribution in [0.1, 0.15) is 26.1 Å². The monoisotopic (exact) mass is 268 g/mol. The fraction of sp³-hybridized carbons (Fsp3) is 0.545.